The molecule has 0 radical (unpaired) electrons. The van der Waals surface area contributed by atoms with Crippen LogP contribution in [0.1, 0.15) is 30.9 Å². The first kappa shape index (κ1) is 18.0. The fraction of sp³-hybridized carbons (Fsp3) is 0.381. The molecule has 1 N–H and O–H groups in total. The van der Waals surface area contributed by atoms with Gasteiger partial charge >= 0.3 is 0 Å². The van der Waals surface area contributed by atoms with Crippen LogP contribution >= 0.6 is 11.6 Å². The normalized spacial score (nSPS) is 15.9. The second-order valence-electron chi connectivity index (χ2n) is 6.97. The van der Waals surface area contributed by atoms with Gasteiger partial charge in [-0.2, -0.15) is 0 Å². The van der Waals surface area contributed by atoms with Gasteiger partial charge in [0.15, 0.2) is 0 Å². The average molecular weight is 357 g/mol. The fourth-order valence-electron chi connectivity index (χ4n) is 3.19. The van der Waals surface area contributed by atoms with E-state index in [1.807, 2.05) is 30.3 Å². The van der Waals surface area contributed by atoms with Crippen LogP contribution in [0.2, 0.25) is 5.02 Å². The number of benzene rings is 2. The quantitative estimate of drug-likeness (QED) is 0.838. The fourth-order valence-corrected chi connectivity index (χ4v) is 3.39. The lowest BCUT2D eigenvalue weighted by Crippen LogP contribution is -2.32. The summed E-state index contributed by atoms with van der Waals surface area (Å²) in [5.74, 6) is 0.804. The molecule has 0 spiro atoms. The molecule has 4 heteroatoms. The van der Waals surface area contributed by atoms with E-state index in [1.54, 1.807) is 6.07 Å². The highest BCUT2D eigenvalue weighted by Gasteiger charge is 2.15. The van der Waals surface area contributed by atoms with Gasteiger partial charge in [0.1, 0.15) is 0 Å². The number of nitrogens with one attached hydrogen (secondary N) is 1. The molecule has 1 aliphatic rings. The van der Waals surface area contributed by atoms with Gasteiger partial charge in [-0.1, -0.05) is 48.9 Å². The van der Waals surface area contributed by atoms with Gasteiger partial charge in [0.25, 0.3) is 0 Å². The minimum atomic E-state index is -0.0501. The van der Waals surface area contributed by atoms with E-state index >= 15 is 0 Å². The monoisotopic (exact) mass is 356 g/mol. The second kappa shape index (κ2) is 8.50. The summed E-state index contributed by atoms with van der Waals surface area (Å²) in [6.07, 6.45) is 2.86. The Morgan fingerprint density at radius 1 is 1.12 bits per heavy atom. The number of hydrogen-bond acceptors (Lipinski definition) is 2. The maximum Gasteiger partial charge on any atom is 0.228 e. The zero-order chi connectivity index (χ0) is 17.6. The maximum atomic E-state index is 12.2. The lowest BCUT2D eigenvalue weighted by Gasteiger charge is -2.30. The predicted molar refractivity (Wildman–Crippen MR) is 104 cm³/mol. The number of halogens is 1. The van der Waals surface area contributed by atoms with Crippen molar-refractivity contribution < 1.29 is 4.79 Å². The molecule has 1 heterocycles. The van der Waals surface area contributed by atoms with Crippen LogP contribution < -0.4 is 5.32 Å². The summed E-state index contributed by atoms with van der Waals surface area (Å²) in [5, 5.41) is 3.57. The molecule has 1 amide bonds. The summed E-state index contributed by atoms with van der Waals surface area (Å²) in [7, 11) is 0. The molecule has 0 aromatic heterocycles. The van der Waals surface area contributed by atoms with Crippen LogP contribution in [0, 0.1) is 5.92 Å². The zero-order valence-electron chi connectivity index (χ0n) is 14.7. The molecule has 1 fully saturated rings. The number of nitrogens with zero attached hydrogens (tertiary/aromatic N) is 1. The lowest BCUT2D eigenvalue weighted by atomic mass is 9.99. The summed E-state index contributed by atoms with van der Waals surface area (Å²) in [5.41, 5.74) is 2.96. The second-order valence-corrected chi connectivity index (χ2v) is 7.38. The van der Waals surface area contributed by atoms with Crippen LogP contribution in [0.3, 0.4) is 0 Å². The SMILES string of the molecule is CC1CCN(Cc2ccc(NC(=O)Cc3ccccc3Cl)cc2)CC1. The number of carbonyl (C=O) groups is 1. The molecule has 0 aliphatic carbocycles. The molecular weight excluding hydrogens is 332 g/mol. The van der Waals surface area contributed by atoms with Crippen LogP contribution in [0.4, 0.5) is 5.69 Å². The van der Waals surface area contributed by atoms with E-state index in [4.69, 9.17) is 11.6 Å². The molecule has 2 aromatic rings. The van der Waals surface area contributed by atoms with Crippen molar-refractivity contribution in [2.45, 2.75) is 32.7 Å². The van der Waals surface area contributed by atoms with Crippen molar-refractivity contribution in [2.24, 2.45) is 5.92 Å². The van der Waals surface area contributed by atoms with E-state index < -0.39 is 0 Å². The van der Waals surface area contributed by atoms with Crippen molar-refractivity contribution in [1.29, 1.82) is 0 Å². The molecule has 132 valence electrons. The van der Waals surface area contributed by atoms with Crippen LogP contribution in [-0.2, 0) is 17.8 Å². The minimum Gasteiger partial charge on any atom is -0.326 e. The Morgan fingerprint density at radius 3 is 2.48 bits per heavy atom. The largest absolute Gasteiger partial charge is 0.326 e. The van der Waals surface area contributed by atoms with Crippen LogP contribution in [0.5, 0.6) is 0 Å². The number of rotatable bonds is 5. The first-order valence-corrected chi connectivity index (χ1v) is 9.32. The highest BCUT2D eigenvalue weighted by molar-refractivity contribution is 6.31. The first-order valence-electron chi connectivity index (χ1n) is 8.95. The van der Waals surface area contributed by atoms with Gasteiger partial charge in [-0.05, 0) is 61.2 Å². The van der Waals surface area contributed by atoms with Crippen molar-refractivity contribution in [3.8, 4) is 0 Å². The van der Waals surface area contributed by atoms with Crippen molar-refractivity contribution in [3.63, 3.8) is 0 Å². The van der Waals surface area contributed by atoms with Gasteiger partial charge in [0, 0.05) is 17.3 Å². The Balaban J connectivity index is 1.52. The molecular formula is C21H25ClN2O. The molecule has 25 heavy (non-hydrogen) atoms. The third kappa shape index (κ3) is 5.32. The van der Waals surface area contributed by atoms with Gasteiger partial charge < -0.3 is 5.32 Å². The summed E-state index contributed by atoms with van der Waals surface area (Å²) < 4.78 is 0. The Kier molecular flexibility index (Phi) is 6.11. The van der Waals surface area contributed by atoms with Gasteiger partial charge in [0.05, 0.1) is 6.42 Å². The smallest absolute Gasteiger partial charge is 0.228 e. The molecule has 0 bridgehead atoms. The van der Waals surface area contributed by atoms with Gasteiger partial charge in [-0.25, -0.2) is 0 Å². The standard InChI is InChI=1S/C21H25ClN2O/c1-16-10-12-24(13-11-16)15-17-6-8-19(9-7-17)23-21(25)14-18-4-2-3-5-20(18)22/h2-9,16H,10-15H2,1H3,(H,23,25). The number of carbonyl (C=O) groups excluding carboxylic acids is 1. The number of hydrogen-bond donors (Lipinski definition) is 1. The van der Waals surface area contributed by atoms with E-state index in [1.165, 1.54) is 31.5 Å². The Morgan fingerprint density at radius 2 is 1.80 bits per heavy atom. The zero-order valence-corrected chi connectivity index (χ0v) is 15.4. The number of amides is 1. The van der Waals surface area contributed by atoms with Crippen molar-refractivity contribution in [3.05, 3.63) is 64.7 Å². The molecule has 3 nitrogen and oxygen atoms in total. The van der Waals surface area contributed by atoms with E-state index in [-0.39, 0.29) is 12.3 Å². The summed E-state index contributed by atoms with van der Waals surface area (Å²) in [6.45, 7) is 5.67. The summed E-state index contributed by atoms with van der Waals surface area (Å²) >= 11 is 6.11. The highest BCUT2D eigenvalue weighted by Crippen LogP contribution is 2.20. The Hall–Kier alpha value is -1.84. The predicted octanol–water partition coefficient (Wildman–Crippen LogP) is 4.75. The van der Waals surface area contributed by atoms with Crippen LogP contribution in [-0.4, -0.2) is 23.9 Å². The van der Waals surface area contributed by atoms with Gasteiger partial charge in [-0.3, -0.25) is 9.69 Å². The van der Waals surface area contributed by atoms with E-state index in [9.17, 15) is 4.79 Å². The Bertz CT molecular complexity index is 706. The number of piperidine rings is 1. The Labute approximate surface area is 155 Å². The van der Waals surface area contributed by atoms with Crippen molar-refractivity contribution in [2.75, 3.05) is 18.4 Å². The number of likely N-dealkylation sites (tertiary alicyclic amines) is 1. The van der Waals surface area contributed by atoms with Crippen LogP contribution in [0.15, 0.2) is 48.5 Å². The summed E-state index contributed by atoms with van der Waals surface area (Å²) in [6, 6.07) is 15.6. The molecule has 3 rings (SSSR count). The lowest BCUT2D eigenvalue weighted by molar-refractivity contribution is -0.115. The van der Waals surface area contributed by atoms with Gasteiger partial charge in [-0.15, -0.1) is 0 Å². The molecule has 0 atom stereocenters. The minimum absolute atomic E-state index is 0.0501. The third-order valence-electron chi connectivity index (χ3n) is 4.83. The van der Waals surface area contributed by atoms with E-state index in [2.05, 4.69) is 29.3 Å². The number of anilines is 1. The average Bonchev–Trinajstić information content (AvgIpc) is 2.61. The molecule has 0 saturated carbocycles. The van der Waals surface area contributed by atoms with E-state index in [0.29, 0.717) is 5.02 Å². The molecule has 1 aliphatic heterocycles. The summed E-state index contributed by atoms with van der Waals surface area (Å²) in [4.78, 5) is 14.7. The van der Waals surface area contributed by atoms with E-state index in [0.717, 1.165) is 23.7 Å². The molecule has 2 aromatic carbocycles. The molecule has 0 unspecified atom stereocenters. The van der Waals surface area contributed by atoms with Crippen molar-refractivity contribution >= 4 is 23.2 Å². The van der Waals surface area contributed by atoms with Gasteiger partial charge in [0.2, 0.25) is 5.91 Å². The van der Waals surface area contributed by atoms with Crippen LogP contribution in [0.25, 0.3) is 0 Å². The third-order valence-corrected chi connectivity index (χ3v) is 5.20. The first-order chi connectivity index (χ1) is 12.1. The topological polar surface area (TPSA) is 32.3 Å². The highest BCUT2D eigenvalue weighted by atomic mass is 35.5. The maximum absolute atomic E-state index is 12.2. The van der Waals surface area contributed by atoms with Crippen molar-refractivity contribution in [1.82, 2.24) is 4.90 Å². The molecule has 1 saturated heterocycles.